The van der Waals surface area contributed by atoms with Gasteiger partial charge in [0.25, 0.3) is 0 Å². The van der Waals surface area contributed by atoms with Gasteiger partial charge in [-0.05, 0) is 50.6 Å². The fourth-order valence-corrected chi connectivity index (χ4v) is 3.24. The molecule has 0 aromatic carbocycles. The molecule has 3 atom stereocenters. The van der Waals surface area contributed by atoms with E-state index in [0.717, 1.165) is 24.4 Å². The van der Waals surface area contributed by atoms with Crippen molar-refractivity contribution in [2.45, 2.75) is 51.1 Å². The quantitative estimate of drug-likeness (QED) is 0.624. The van der Waals surface area contributed by atoms with Crippen molar-refractivity contribution in [3.05, 3.63) is 12.2 Å². The predicted molar refractivity (Wildman–Crippen MR) is 64.5 cm³/mol. The number of terminal acetylenes is 1. The van der Waals surface area contributed by atoms with E-state index in [4.69, 9.17) is 6.42 Å². The molecule has 0 aromatic rings. The highest BCUT2D eigenvalue weighted by molar-refractivity contribution is 5.09. The SMILES string of the molecule is C#C/C=C\CC1CCC(C)C2CCCN12. The Hall–Kier alpha value is -0.740. The Morgan fingerprint density at radius 2 is 2.27 bits per heavy atom. The second-order valence-corrected chi connectivity index (χ2v) is 4.96. The van der Waals surface area contributed by atoms with Gasteiger partial charge >= 0.3 is 0 Å². The van der Waals surface area contributed by atoms with Crippen LogP contribution >= 0.6 is 0 Å². The number of hydrogen-bond acceptors (Lipinski definition) is 1. The van der Waals surface area contributed by atoms with Gasteiger partial charge in [0.05, 0.1) is 0 Å². The number of nitrogens with zero attached hydrogens (tertiary/aromatic N) is 1. The van der Waals surface area contributed by atoms with E-state index < -0.39 is 0 Å². The molecule has 1 heteroatoms. The maximum atomic E-state index is 5.22. The molecule has 2 rings (SSSR count). The highest BCUT2D eigenvalue weighted by atomic mass is 15.2. The summed E-state index contributed by atoms with van der Waals surface area (Å²) in [5.74, 6) is 3.48. The van der Waals surface area contributed by atoms with Gasteiger partial charge in [0.2, 0.25) is 0 Å². The standard InChI is InChI=1S/C14H21N/c1-3-4-5-7-13-10-9-12(2)14-8-6-11-15(13)14/h1,4-5,12-14H,6-11H2,2H3/b5-4-. The lowest BCUT2D eigenvalue weighted by molar-refractivity contribution is 0.0832. The van der Waals surface area contributed by atoms with Crippen LogP contribution in [0.15, 0.2) is 12.2 Å². The normalized spacial score (nSPS) is 36.7. The van der Waals surface area contributed by atoms with E-state index in [2.05, 4.69) is 23.8 Å². The summed E-state index contributed by atoms with van der Waals surface area (Å²) in [6.45, 7) is 3.72. The summed E-state index contributed by atoms with van der Waals surface area (Å²) in [4.78, 5) is 2.73. The van der Waals surface area contributed by atoms with Gasteiger partial charge in [-0.2, -0.15) is 0 Å². The first-order chi connectivity index (χ1) is 7.33. The smallest absolute Gasteiger partial charge is 0.0133 e. The van der Waals surface area contributed by atoms with E-state index in [1.165, 1.54) is 32.2 Å². The van der Waals surface area contributed by atoms with E-state index >= 15 is 0 Å². The summed E-state index contributed by atoms with van der Waals surface area (Å²) in [5, 5.41) is 0. The molecule has 2 aliphatic heterocycles. The van der Waals surface area contributed by atoms with Crippen LogP contribution in [-0.4, -0.2) is 23.5 Å². The number of rotatable bonds is 2. The highest BCUT2D eigenvalue weighted by Gasteiger charge is 2.37. The molecule has 1 nitrogen and oxygen atoms in total. The molecule has 0 bridgehead atoms. The van der Waals surface area contributed by atoms with Gasteiger partial charge < -0.3 is 0 Å². The van der Waals surface area contributed by atoms with Crippen molar-refractivity contribution >= 4 is 0 Å². The number of piperidine rings is 1. The third kappa shape index (κ3) is 2.26. The topological polar surface area (TPSA) is 3.24 Å². The number of fused-ring (bicyclic) bond motifs is 1. The Morgan fingerprint density at radius 3 is 3.07 bits per heavy atom. The lowest BCUT2D eigenvalue weighted by Gasteiger charge is -2.41. The lowest BCUT2D eigenvalue weighted by atomic mass is 9.86. The monoisotopic (exact) mass is 203 g/mol. The van der Waals surface area contributed by atoms with Gasteiger partial charge in [0.1, 0.15) is 0 Å². The highest BCUT2D eigenvalue weighted by Crippen LogP contribution is 2.35. The molecule has 82 valence electrons. The van der Waals surface area contributed by atoms with Gasteiger partial charge in [-0.25, -0.2) is 0 Å². The van der Waals surface area contributed by atoms with Crippen LogP contribution in [0.5, 0.6) is 0 Å². The largest absolute Gasteiger partial charge is 0.297 e. The van der Waals surface area contributed by atoms with Crippen molar-refractivity contribution in [1.29, 1.82) is 0 Å². The van der Waals surface area contributed by atoms with Crippen LogP contribution in [-0.2, 0) is 0 Å². The number of allylic oxidation sites excluding steroid dienone is 1. The minimum absolute atomic E-state index is 0.762. The molecule has 2 saturated heterocycles. The van der Waals surface area contributed by atoms with Crippen LogP contribution < -0.4 is 0 Å². The molecule has 15 heavy (non-hydrogen) atoms. The molecule has 0 aromatic heterocycles. The third-order valence-corrected chi connectivity index (χ3v) is 4.05. The van der Waals surface area contributed by atoms with Crippen molar-refractivity contribution in [1.82, 2.24) is 4.90 Å². The van der Waals surface area contributed by atoms with Crippen LogP contribution in [0.4, 0.5) is 0 Å². The van der Waals surface area contributed by atoms with Crippen molar-refractivity contribution in [3.8, 4) is 12.3 Å². The van der Waals surface area contributed by atoms with Crippen LogP contribution in [0.2, 0.25) is 0 Å². The minimum atomic E-state index is 0.762. The Bertz CT molecular complexity index is 274. The summed E-state index contributed by atoms with van der Waals surface area (Å²) >= 11 is 0. The van der Waals surface area contributed by atoms with E-state index in [0.29, 0.717) is 0 Å². The van der Waals surface area contributed by atoms with Crippen LogP contribution in [0, 0.1) is 18.3 Å². The number of hydrogen-bond donors (Lipinski definition) is 0. The van der Waals surface area contributed by atoms with E-state index in [-0.39, 0.29) is 0 Å². The molecule has 0 radical (unpaired) electrons. The zero-order valence-electron chi connectivity index (χ0n) is 9.65. The van der Waals surface area contributed by atoms with Crippen molar-refractivity contribution in [2.75, 3.05) is 6.54 Å². The Labute approximate surface area is 93.5 Å². The average molecular weight is 203 g/mol. The van der Waals surface area contributed by atoms with Crippen molar-refractivity contribution < 1.29 is 0 Å². The lowest BCUT2D eigenvalue weighted by Crippen LogP contribution is -2.46. The molecule has 0 N–H and O–H groups in total. The zero-order chi connectivity index (χ0) is 10.7. The maximum Gasteiger partial charge on any atom is 0.0133 e. The fourth-order valence-electron chi connectivity index (χ4n) is 3.24. The first kappa shape index (κ1) is 10.8. The fraction of sp³-hybridized carbons (Fsp3) is 0.714. The Balaban J connectivity index is 1.95. The maximum absolute atomic E-state index is 5.22. The summed E-state index contributed by atoms with van der Waals surface area (Å²) in [7, 11) is 0. The second kappa shape index (κ2) is 4.86. The van der Waals surface area contributed by atoms with Crippen molar-refractivity contribution in [3.63, 3.8) is 0 Å². The summed E-state index contributed by atoms with van der Waals surface area (Å²) in [6.07, 6.45) is 15.9. The Kier molecular flexibility index (Phi) is 3.49. The second-order valence-electron chi connectivity index (χ2n) is 4.96. The Morgan fingerprint density at radius 1 is 1.40 bits per heavy atom. The van der Waals surface area contributed by atoms with Gasteiger partial charge in [-0.15, -0.1) is 6.42 Å². The molecule has 0 amide bonds. The molecular weight excluding hydrogens is 182 g/mol. The van der Waals surface area contributed by atoms with Crippen molar-refractivity contribution in [2.24, 2.45) is 5.92 Å². The van der Waals surface area contributed by atoms with Crippen LogP contribution in [0.3, 0.4) is 0 Å². The van der Waals surface area contributed by atoms with Gasteiger partial charge in [0.15, 0.2) is 0 Å². The molecule has 2 fully saturated rings. The van der Waals surface area contributed by atoms with Crippen LogP contribution in [0.1, 0.15) is 39.0 Å². The molecular formula is C14H21N. The molecule has 2 aliphatic rings. The summed E-state index contributed by atoms with van der Waals surface area (Å²) < 4.78 is 0. The van der Waals surface area contributed by atoms with Gasteiger partial charge in [0, 0.05) is 12.1 Å². The van der Waals surface area contributed by atoms with Gasteiger partial charge in [-0.3, -0.25) is 4.90 Å². The summed E-state index contributed by atoms with van der Waals surface area (Å²) in [5.41, 5.74) is 0. The average Bonchev–Trinajstić information content (AvgIpc) is 2.71. The zero-order valence-corrected chi connectivity index (χ0v) is 9.65. The molecule has 0 spiro atoms. The first-order valence-corrected chi connectivity index (χ1v) is 6.20. The van der Waals surface area contributed by atoms with E-state index in [9.17, 15) is 0 Å². The molecule has 0 aliphatic carbocycles. The molecule has 2 heterocycles. The van der Waals surface area contributed by atoms with E-state index in [1.807, 2.05) is 6.08 Å². The molecule has 3 unspecified atom stereocenters. The molecule has 0 saturated carbocycles. The first-order valence-electron chi connectivity index (χ1n) is 6.20. The predicted octanol–water partition coefficient (Wildman–Crippen LogP) is 2.83. The van der Waals surface area contributed by atoms with Gasteiger partial charge in [-0.1, -0.05) is 18.9 Å². The van der Waals surface area contributed by atoms with Crippen LogP contribution in [0.25, 0.3) is 0 Å². The minimum Gasteiger partial charge on any atom is -0.297 e. The van der Waals surface area contributed by atoms with E-state index in [1.54, 1.807) is 0 Å². The third-order valence-electron chi connectivity index (χ3n) is 4.05. The summed E-state index contributed by atoms with van der Waals surface area (Å²) in [6, 6.07) is 1.63.